The lowest BCUT2D eigenvalue weighted by Gasteiger charge is -1.91. The van der Waals surface area contributed by atoms with Crippen molar-refractivity contribution in [2.24, 2.45) is 0 Å². The van der Waals surface area contributed by atoms with Gasteiger partial charge in [0.05, 0.1) is 6.54 Å². The van der Waals surface area contributed by atoms with E-state index in [1.807, 2.05) is 24.3 Å². The van der Waals surface area contributed by atoms with Crippen molar-refractivity contribution < 1.29 is 5.73 Å². The largest absolute Gasteiger partial charge is 0.354 e. The Morgan fingerprint density at radius 1 is 1.44 bits per heavy atom. The van der Waals surface area contributed by atoms with E-state index in [0.29, 0.717) is 0 Å². The molecule has 1 aromatic rings. The molecule has 3 N–H and O–H groups in total. The number of benzene rings is 1. The second-order valence-electron chi connectivity index (χ2n) is 1.88. The lowest BCUT2D eigenvalue weighted by atomic mass is 10.2. The standard InChI is InChI=1S/C7H8ClN/c8-7-3-1-2-6(4-7)5-9/h1-4H,5,9H2/p+1. The number of hydrogen-bond donors (Lipinski definition) is 1. The van der Waals surface area contributed by atoms with Crippen molar-refractivity contribution in [3.05, 3.63) is 34.9 Å². The minimum Gasteiger partial charge on any atom is -0.354 e. The molecule has 0 amide bonds. The molecule has 9 heavy (non-hydrogen) atoms. The molecule has 0 saturated heterocycles. The molecule has 0 aliphatic heterocycles. The van der Waals surface area contributed by atoms with Crippen molar-refractivity contribution in [1.29, 1.82) is 0 Å². The van der Waals surface area contributed by atoms with Crippen molar-refractivity contribution in [2.75, 3.05) is 0 Å². The Labute approximate surface area is 59.4 Å². The lowest BCUT2D eigenvalue weighted by Crippen LogP contribution is -2.47. The molecule has 0 fully saturated rings. The van der Waals surface area contributed by atoms with Gasteiger partial charge in [0.2, 0.25) is 0 Å². The fourth-order valence-corrected chi connectivity index (χ4v) is 0.905. The first-order valence-corrected chi connectivity index (χ1v) is 3.24. The predicted octanol–water partition coefficient (Wildman–Crippen LogP) is 1.08. The summed E-state index contributed by atoms with van der Waals surface area (Å²) in [6, 6.07) is 7.73. The van der Waals surface area contributed by atoms with Crippen molar-refractivity contribution in [3.63, 3.8) is 0 Å². The number of halogens is 1. The average Bonchev–Trinajstić information content (AvgIpc) is 1.88. The monoisotopic (exact) mass is 142 g/mol. The van der Waals surface area contributed by atoms with Gasteiger partial charge in [0, 0.05) is 10.6 Å². The highest BCUT2D eigenvalue weighted by molar-refractivity contribution is 6.30. The Hall–Kier alpha value is -0.530. The molecule has 0 spiro atoms. The SMILES string of the molecule is [NH3+]Cc1cccc(Cl)c1. The number of hydrogen-bond acceptors (Lipinski definition) is 0. The van der Waals surface area contributed by atoms with Gasteiger partial charge in [-0.15, -0.1) is 0 Å². The Balaban J connectivity index is 2.94. The second-order valence-corrected chi connectivity index (χ2v) is 2.32. The molecular weight excluding hydrogens is 134 g/mol. The minimum absolute atomic E-state index is 0.788. The van der Waals surface area contributed by atoms with Crippen molar-refractivity contribution in [1.82, 2.24) is 0 Å². The van der Waals surface area contributed by atoms with Gasteiger partial charge in [-0.2, -0.15) is 0 Å². The molecule has 48 valence electrons. The molecule has 1 nitrogen and oxygen atoms in total. The Morgan fingerprint density at radius 2 is 2.22 bits per heavy atom. The summed E-state index contributed by atoms with van der Waals surface area (Å²) in [4.78, 5) is 0. The summed E-state index contributed by atoms with van der Waals surface area (Å²) in [5.41, 5.74) is 4.92. The highest BCUT2D eigenvalue weighted by Gasteiger charge is 1.89. The molecule has 1 rings (SSSR count). The number of quaternary nitrogens is 1. The fourth-order valence-electron chi connectivity index (χ4n) is 0.692. The molecule has 0 radical (unpaired) electrons. The first kappa shape index (κ1) is 6.59. The smallest absolute Gasteiger partial charge is 0.0997 e. The van der Waals surface area contributed by atoms with Crippen LogP contribution in [0.3, 0.4) is 0 Å². The van der Waals surface area contributed by atoms with Crippen LogP contribution in [0.15, 0.2) is 24.3 Å². The highest BCUT2D eigenvalue weighted by atomic mass is 35.5. The van der Waals surface area contributed by atoms with Gasteiger partial charge in [0.15, 0.2) is 0 Å². The number of rotatable bonds is 1. The van der Waals surface area contributed by atoms with Gasteiger partial charge in [-0.05, 0) is 12.1 Å². The van der Waals surface area contributed by atoms with E-state index >= 15 is 0 Å². The third-order valence-electron chi connectivity index (χ3n) is 1.18. The summed E-state index contributed by atoms with van der Waals surface area (Å²) in [6.07, 6.45) is 0. The van der Waals surface area contributed by atoms with E-state index in [1.165, 1.54) is 5.56 Å². The van der Waals surface area contributed by atoms with Gasteiger partial charge in [-0.3, -0.25) is 0 Å². The summed E-state index contributed by atoms with van der Waals surface area (Å²) in [6.45, 7) is 0.806. The van der Waals surface area contributed by atoms with Crippen molar-refractivity contribution >= 4 is 11.6 Å². The topological polar surface area (TPSA) is 27.6 Å². The van der Waals surface area contributed by atoms with Crippen LogP contribution < -0.4 is 5.73 Å². The van der Waals surface area contributed by atoms with Gasteiger partial charge in [-0.1, -0.05) is 23.7 Å². The molecule has 0 unspecified atom stereocenters. The molecule has 0 saturated carbocycles. The van der Waals surface area contributed by atoms with E-state index in [-0.39, 0.29) is 0 Å². The van der Waals surface area contributed by atoms with Crippen molar-refractivity contribution in [2.45, 2.75) is 6.54 Å². The molecule has 0 aromatic heterocycles. The lowest BCUT2D eigenvalue weighted by molar-refractivity contribution is -0.386. The van der Waals surface area contributed by atoms with Crippen LogP contribution >= 0.6 is 11.6 Å². The van der Waals surface area contributed by atoms with Crippen LogP contribution in [0.2, 0.25) is 5.02 Å². The van der Waals surface area contributed by atoms with Crippen LogP contribution in [0, 0.1) is 0 Å². The third-order valence-corrected chi connectivity index (χ3v) is 1.41. The molecule has 0 aliphatic rings. The van der Waals surface area contributed by atoms with Crippen LogP contribution in [-0.2, 0) is 6.54 Å². The molecule has 2 heteroatoms. The molecule has 0 aliphatic carbocycles. The maximum absolute atomic E-state index is 5.70. The predicted molar refractivity (Wildman–Crippen MR) is 38.0 cm³/mol. The van der Waals surface area contributed by atoms with Gasteiger partial charge in [0.1, 0.15) is 0 Å². The Bertz CT molecular complexity index is 198. The van der Waals surface area contributed by atoms with E-state index in [0.717, 1.165) is 11.6 Å². The van der Waals surface area contributed by atoms with Crippen LogP contribution in [0.5, 0.6) is 0 Å². The first-order valence-electron chi connectivity index (χ1n) is 2.86. The average molecular weight is 143 g/mol. The van der Waals surface area contributed by atoms with Gasteiger partial charge >= 0.3 is 0 Å². The summed E-state index contributed by atoms with van der Waals surface area (Å²) in [7, 11) is 0. The summed E-state index contributed by atoms with van der Waals surface area (Å²) >= 11 is 5.70. The van der Waals surface area contributed by atoms with Gasteiger partial charge in [-0.25, -0.2) is 0 Å². The van der Waals surface area contributed by atoms with Gasteiger partial charge in [0.25, 0.3) is 0 Å². The third kappa shape index (κ3) is 1.70. The molecule has 0 heterocycles. The highest BCUT2D eigenvalue weighted by Crippen LogP contribution is 2.08. The quantitative estimate of drug-likeness (QED) is 0.608. The molecular formula is C7H9ClN+. The zero-order valence-corrected chi connectivity index (χ0v) is 5.86. The van der Waals surface area contributed by atoms with E-state index in [4.69, 9.17) is 11.6 Å². The zero-order chi connectivity index (χ0) is 6.69. The normalized spacial score (nSPS) is 9.56. The van der Waals surface area contributed by atoms with E-state index < -0.39 is 0 Å². The van der Waals surface area contributed by atoms with Crippen LogP contribution in [-0.4, -0.2) is 0 Å². The van der Waals surface area contributed by atoms with E-state index in [1.54, 1.807) is 0 Å². The van der Waals surface area contributed by atoms with Gasteiger partial charge < -0.3 is 5.73 Å². The van der Waals surface area contributed by atoms with Crippen LogP contribution in [0.25, 0.3) is 0 Å². The minimum atomic E-state index is 0.788. The molecule has 0 atom stereocenters. The maximum atomic E-state index is 5.70. The van der Waals surface area contributed by atoms with Crippen molar-refractivity contribution in [3.8, 4) is 0 Å². The summed E-state index contributed by atoms with van der Waals surface area (Å²) in [5.74, 6) is 0. The van der Waals surface area contributed by atoms with Crippen LogP contribution in [0.1, 0.15) is 5.56 Å². The van der Waals surface area contributed by atoms with E-state index in [9.17, 15) is 0 Å². The van der Waals surface area contributed by atoms with E-state index in [2.05, 4.69) is 5.73 Å². The first-order chi connectivity index (χ1) is 4.33. The molecule has 1 aromatic carbocycles. The molecule has 0 bridgehead atoms. The zero-order valence-electron chi connectivity index (χ0n) is 5.10. The summed E-state index contributed by atoms with van der Waals surface area (Å²) < 4.78 is 0. The summed E-state index contributed by atoms with van der Waals surface area (Å²) in [5, 5.41) is 0.788. The Morgan fingerprint density at radius 3 is 2.67 bits per heavy atom. The van der Waals surface area contributed by atoms with Crippen LogP contribution in [0.4, 0.5) is 0 Å². The maximum Gasteiger partial charge on any atom is 0.0997 e. The second kappa shape index (κ2) is 2.85. The Kier molecular flexibility index (Phi) is 2.09. The fraction of sp³-hybridized carbons (Fsp3) is 0.143.